The highest BCUT2D eigenvalue weighted by molar-refractivity contribution is 5.76. The van der Waals surface area contributed by atoms with E-state index in [-0.39, 0.29) is 11.4 Å². The van der Waals surface area contributed by atoms with Gasteiger partial charge in [0.1, 0.15) is 0 Å². The van der Waals surface area contributed by atoms with Crippen LogP contribution < -0.4 is 11.1 Å². The zero-order valence-corrected chi connectivity index (χ0v) is 10.3. The van der Waals surface area contributed by atoms with Crippen molar-refractivity contribution in [1.82, 2.24) is 5.32 Å². The van der Waals surface area contributed by atoms with Gasteiger partial charge in [0, 0.05) is 19.6 Å². The lowest BCUT2D eigenvalue weighted by Crippen LogP contribution is -2.54. The van der Waals surface area contributed by atoms with Crippen LogP contribution in [0.4, 0.5) is 0 Å². The van der Waals surface area contributed by atoms with Gasteiger partial charge in [-0.25, -0.2) is 0 Å². The summed E-state index contributed by atoms with van der Waals surface area (Å²) in [5, 5.41) is 3.10. The minimum absolute atomic E-state index is 0.0702. The second kappa shape index (κ2) is 6.86. The molecule has 1 aliphatic carbocycles. The molecule has 0 radical (unpaired) electrons. The number of rotatable bonds is 6. The quantitative estimate of drug-likeness (QED) is 0.671. The predicted molar refractivity (Wildman–Crippen MR) is 64.1 cm³/mol. The molecule has 0 atom stereocenters. The smallest absolute Gasteiger partial charge is 0.222 e. The minimum Gasteiger partial charge on any atom is -0.381 e. The molecule has 0 aromatic heterocycles. The molecule has 1 saturated carbocycles. The first-order valence-electron chi connectivity index (χ1n) is 6.31. The summed E-state index contributed by atoms with van der Waals surface area (Å²) in [5.74, 6) is 0.0702. The van der Waals surface area contributed by atoms with Gasteiger partial charge in [0.05, 0.1) is 12.1 Å². The largest absolute Gasteiger partial charge is 0.381 e. The Balaban J connectivity index is 2.33. The fraction of sp³-hybridized carbons (Fsp3) is 0.917. The maximum Gasteiger partial charge on any atom is 0.222 e. The minimum atomic E-state index is -0.137. The van der Waals surface area contributed by atoms with E-state index in [1.807, 2.05) is 6.92 Å². The van der Waals surface area contributed by atoms with Gasteiger partial charge in [-0.3, -0.25) is 4.79 Å². The average molecular weight is 228 g/mol. The molecule has 16 heavy (non-hydrogen) atoms. The summed E-state index contributed by atoms with van der Waals surface area (Å²) >= 11 is 0. The number of nitrogens with one attached hydrogen (secondary N) is 1. The SMILES string of the molecule is CCOCCC(=O)NC1(CN)CCCCC1. The zero-order valence-electron chi connectivity index (χ0n) is 10.3. The molecule has 1 rings (SSSR count). The Labute approximate surface area is 97.9 Å². The first-order valence-corrected chi connectivity index (χ1v) is 6.31. The molecule has 0 saturated heterocycles. The van der Waals surface area contributed by atoms with Crippen molar-refractivity contribution in [2.45, 2.75) is 51.0 Å². The molecule has 3 N–H and O–H groups in total. The topological polar surface area (TPSA) is 64.3 Å². The third kappa shape index (κ3) is 4.10. The van der Waals surface area contributed by atoms with Gasteiger partial charge in [0.2, 0.25) is 5.91 Å². The van der Waals surface area contributed by atoms with E-state index < -0.39 is 0 Å². The Morgan fingerprint density at radius 3 is 2.62 bits per heavy atom. The van der Waals surface area contributed by atoms with Crippen LogP contribution in [0.1, 0.15) is 45.4 Å². The maximum absolute atomic E-state index is 11.7. The second-order valence-electron chi connectivity index (χ2n) is 4.54. The van der Waals surface area contributed by atoms with Gasteiger partial charge in [0.25, 0.3) is 0 Å². The van der Waals surface area contributed by atoms with Gasteiger partial charge in [-0.05, 0) is 19.8 Å². The molecule has 4 nitrogen and oxygen atoms in total. The van der Waals surface area contributed by atoms with Crippen LogP contribution in [0.2, 0.25) is 0 Å². The molecule has 1 fully saturated rings. The molecule has 0 aromatic carbocycles. The van der Waals surface area contributed by atoms with Gasteiger partial charge in [-0.15, -0.1) is 0 Å². The molecule has 0 spiro atoms. The number of nitrogens with two attached hydrogens (primary N) is 1. The highest BCUT2D eigenvalue weighted by Gasteiger charge is 2.31. The summed E-state index contributed by atoms with van der Waals surface area (Å²) in [5.41, 5.74) is 5.66. The zero-order chi connectivity index (χ0) is 11.9. The van der Waals surface area contributed by atoms with Gasteiger partial charge < -0.3 is 15.8 Å². The van der Waals surface area contributed by atoms with Crippen LogP contribution in [0.15, 0.2) is 0 Å². The van der Waals surface area contributed by atoms with E-state index in [9.17, 15) is 4.79 Å². The van der Waals surface area contributed by atoms with Crippen molar-refractivity contribution in [3.8, 4) is 0 Å². The van der Waals surface area contributed by atoms with E-state index in [0.29, 0.717) is 26.2 Å². The Bertz CT molecular complexity index is 213. The summed E-state index contributed by atoms with van der Waals surface area (Å²) in [4.78, 5) is 11.7. The van der Waals surface area contributed by atoms with Gasteiger partial charge in [-0.2, -0.15) is 0 Å². The summed E-state index contributed by atoms with van der Waals surface area (Å²) in [6, 6.07) is 0. The van der Waals surface area contributed by atoms with Crippen molar-refractivity contribution in [2.75, 3.05) is 19.8 Å². The Morgan fingerprint density at radius 1 is 1.38 bits per heavy atom. The van der Waals surface area contributed by atoms with Crippen LogP contribution in [0.3, 0.4) is 0 Å². The van der Waals surface area contributed by atoms with Gasteiger partial charge in [0.15, 0.2) is 0 Å². The molecule has 0 unspecified atom stereocenters. The number of carbonyl (C=O) groups is 1. The summed E-state index contributed by atoms with van der Waals surface area (Å²) in [6.45, 7) is 3.64. The average Bonchev–Trinajstić information content (AvgIpc) is 2.30. The van der Waals surface area contributed by atoms with E-state index in [1.54, 1.807) is 0 Å². The van der Waals surface area contributed by atoms with Crippen LogP contribution in [0, 0.1) is 0 Å². The van der Waals surface area contributed by atoms with Crippen molar-refractivity contribution in [3.05, 3.63) is 0 Å². The monoisotopic (exact) mass is 228 g/mol. The molecule has 1 amide bonds. The lowest BCUT2D eigenvalue weighted by Gasteiger charge is -2.37. The Hall–Kier alpha value is -0.610. The third-order valence-electron chi connectivity index (χ3n) is 3.28. The van der Waals surface area contributed by atoms with Gasteiger partial charge >= 0.3 is 0 Å². The number of amides is 1. The molecule has 94 valence electrons. The van der Waals surface area contributed by atoms with E-state index in [4.69, 9.17) is 10.5 Å². The lowest BCUT2D eigenvalue weighted by molar-refractivity contribution is -0.124. The van der Waals surface area contributed by atoms with Gasteiger partial charge in [-0.1, -0.05) is 19.3 Å². The predicted octanol–water partition coefficient (Wildman–Crippen LogP) is 1.19. The van der Waals surface area contributed by atoms with E-state index in [1.165, 1.54) is 19.3 Å². The van der Waals surface area contributed by atoms with Crippen LogP contribution >= 0.6 is 0 Å². The van der Waals surface area contributed by atoms with E-state index in [2.05, 4.69) is 5.32 Å². The van der Waals surface area contributed by atoms with Crippen LogP contribution in [0.25, 0.3) is 0 Å². The molecule has 0 aliphatic heterocycles. The van der Waals surface area contributed by atoms with Crippen molar-refractivity contribution < 1.29 is 9.53 Å². The molecule has 4 heteroatoms. The standard InChI is InChI=1S/C12H24N2O2/c1-2-16-9-6-11(15)14-12(10-13)7-4-3-5-8-12/h2-10,13H2,1H3,(H,14,15). The van der Waals surface area contributed by atoms with Crippen LogP contribution in [0.5, 0.6) is 0 Å². The van der Waals surface area contributed by atoms with E-state index >= 15 is 0 Å². The molecule has 1 aliphatic rings. The fourth-order valence-electron chi connectivity index (χ4n) is 2.28. The van der Waals surface area contributed by atoms with Crippen LogP contribution in [-0.4, -0.2) is 31.2 Å². The summed E-state index contributed by atoms with van der Waals surface area (Å²) in [7, 11) is 0. The fourth-order valence-corrected chi connectivity index (χ4v) is 2.28. The second-order valence-corrected chi connectivity index (χ2v) is 4.54. The van der Waals surface area contributed by atoms with Crippen molar-refractivity contribution in [2.24, 2.45) is 5.73 Å². The number of hydrogen-bond acceptors (Lipinski definition) is 3. The normalized spacial score (nSPS) is 19.4. The van der Waals surface area contributed by atoms with Crippen molar-refractivity contribution in [3.63, 3.8) is 0 Å². The maximum atomic E-state index is 11.7. The summed E-state index contributed by atoms with van der Waals surface area (Å²) < 4.78 is 5.17. The van der Waals surface area contributed by atoms with Crippen LogP contribution in [-0.2, 0) is 9.53 Å². The molecular weight excluding hydrogens is 204 g/mol. The number of carbonyl (C=O) groups excluding carboxylic acids is 1. The Kier molecular flexibility index (Phi) is 5.77. The highest BCUT2D eigenvalue weighted by Crippen LogP contribution is 2.27. The first kappa shape index (κ1) is 13.5. The Morgan fingerprint density at radius 2 is 2.06 bits per heavy atom. The number of hydrogen-bond donors (Lipinski definition) is 2. The first-order chi connectivity index (χ1) is 7.72. The van der Waals surface area contributed by atoms with Crippen molar-refractivity contribution >= 4 is 5.91 Å². The van der Waals surface area contributed by atoms with Crippen molar-refractivity contribution in [1.29, 1.82) is 0 Å². The molecular formula is C12H24N2O2. The molecule has 0 bridgehead atoms. The molecule has 0 aromatic rings. The highest BCUT2D eigenvalue weighted by atomic mass is 16.5. The summed E-state index contributed by atoms with van der Waals surface area (Å²) in [6.07, 6.45) is 6.08. The third-order valence-corrected chi connectivity index (χ3v) is 3.28. The van der Waals surface area contributed by atoms with E-state index in [0.717, 1.165) is 12.8 Å². The lowest BCUT2D eigenvalue weighted by atomic mass is 9.81. The molecule has 0 heterocycles. The number of ether oxygens (including phenoxy) is 1.